The van der Waals surface area contributed by atoms with Crippen molar-refractivity contribution in [1.29, 1.82) is 0 Å². The van der Waals surface area contributed by atoms with Crippen LogP contribution in [0.1, 0.15) is 36.5 Å². The molecule has 5 heteroatoms. The van der Waals surface area contributed by atoms with Gasteiger partial charge in [-0.05, 0) is 61.2 Å². The first-order valence-electron chi connectivity index (χ1n) is 9.93. The number of hydrogen-bond acceptors (Lipinski definition) is 3. The molecule has 156 valence electrons. The maximum absolute atomic E-state index is 12.1. The Morgan fingerprint density at radius 2 is 1.67 bits per heavy atom. The first-order chi connectivity index (χ1) is 14.4. The number of carbonyl (C=O) groups is 1. The van der Waals surface area contributed by atoms with Crippen LogP contribution in [0.25, 0.3) is 0 Å². The van der Waals surface area contributed by atoms with Gasteiger partial charge >= 0.3 is 0 Å². The van der Waals surface area contributed by atoms with E-state index in [9.17, 15) is 4.79 Å². The maximum atomic E-state index is 12.1. The Kier molecular flexibility index (Phi) is 7.36. The first-order valence-corrected chi connectivity index (χ1v) is 10.3. The zero-order valence-electron chi connectivity index (χ0n) is 17.2. The summed E-state index contributed by atoms with van der Waals surface area (Å²) in [5.41, 5.74) is 8.56. The first kappa shape index (κ1) is 21.7. The summed E-state index contributed by atoms with van der Waals surface area (Å²) in [7, 11) is 0. The lowest BCUT2D eigenvalue weighted by molar-refractivity contribution is -0.119. The van der Waals surface area contributed by atoms with Crippen LogP contribution >= 0.6 is 11.6 Å². The highest BCUT2D eigenvalue weighted by atomic mass is 35.5. The van der Waals surface area contributed by atoms with Crippen LogP contribution in [-0.4, -0.2) is 12.0 Å². The summed E-state index contributed by atoms with van der Waals surface area (Å²) in [5.74, 6) is 0.495. The highest BCUT2D eigenvalue weighted by molar-refractivity contribution is 6.32. The summed E-state index contributed by atoms with van der Waals surface area (Å²) in [4.78, 5) is 12.1. The fourth-order valence-electron chi connectivity index (χ4n) is 3.16. The van der Waals surface area contributed by atoms with Gasteiger partial charge in [0.2, 0.25) is 5.91 Å². The van der Waals surface area contributed by atoms with Crippen molar-refractivity contribution in [2.45, 2.75) is 38.9 Å². The molecule has 0 aliphatic heterocycles. The van der Waals surface area contributed by atoms with Gasteiger partial charge in [-0.3, -0.25) is 4.79 Å². The van der Waals surface area contributed by atoms with E-state index in [1.54, 1.807) is 12.1 Å². The minimum Gasteiger partial charge on any atom is -0.489 e. The number of halogens is 1. The smallest absolute Gasteiger partial charge is 0.225 e. The van der Waals surface area contributed by atoms with Crippen molar-refractivity contribution in [3.63, 3.8) is 0 Å². The van der Waals surface area contributed by atoms with Gasteiger partial charge in [0.05, 0.1) is 17.0 Å². The SMILES string of the molecule is CC(C)Oc1ccc(C(Cc2ccc(OCc3ccccc3)cc2)C(N)=O)cc1Cl. The molecule has 1 amide bonds. The Bertz CT molecular complexity index is 971. The van der Waals surface area contributed by atoms with E-state index in [1.807, 2.05) is 74.5 Å². The molecule has 0 spiro atoms. The molecule has 0 aliphatic carbocycles. The molecule has 0 bridgehead atoms. The van der Waals surface area contributed by atoms with Crippen LogP contribution < -0.4 is 15.2 Å². The molecular formula is C25H26ClNO3. The summed E-state index contributed by atoms with van der Waals surface area (Å²) >= 11 is 6.34. The second-order valence-corrected chi connectivity index (χ2v) is 7.84. The second kappa shape index (κ2) is 10.2. The van der Waals surface area contributed by atoms with Gasteiger partial charge in [0.25, 0.3) is 0 Å². The van der Waals surface area contributed by atoms with Gasteiger partial charge in [0.15, 0.2) is 0 Å². The molecule has 0 fully saturated rings. The lowest BCUT2D eigenvalue weighted by Gasteiger charge is -2.17. The van der Waals surface area contributed by atoms with Crippen molar-refractivity contribution in [2.24, 2.45) is 5.73 Å². The van der Waals surface area contributed by atoms with E-state index in [4.69, 9.17) is 26.8 Å². The van der Waals surface area contributed by atoms with E-state index < -0.39 is 11.8 Å². The number of carbonyl (C=O) groups excluding carboxylic acids is 1. The summed E-state index contributed by atoms with van der Waals surface area (Å²) in [6.07, 6.45) is 0.498. The largest absolute Gasteiger partial charge is 0.489 e. The monoisotopic (exact) mass is 423 g/mol. The van der Waals surface area contributed by atoms with Gasteiger partial charge < -0.3 is 15.2 Å². The van der Waals surface area contributed by atoms with Crippen LogP contribution in [-0.2, 0) is 17.8 Å². The number of hydrogen-bond donors (Lipinski definition) is 1. The molecule has 0 heterocycles. The fourth-order valence-corrected chi connectivity index (χ4v) is 3.40. The summed E-state index contributed by atoms with van der Waals surface area (Å²) < 4.78 is 11.5. The van der Waals surface area contributed by atoms with Gasteiger partial charge in [-0.15, -0.1) is 0 Å². The Morgan fingerprint density at radius 1 is 0.967 bits per heavy atom. The standard InChI is InChI=1S/C25H26ClNO3/c1-17(2)30-24-13-10-20(15-23(24)26)22(25(27)28)14-18-8-11-21(12-9-18)29-16-19-6-4-3-5-7-19/h3-13,15,17,22H,14,16H2,1-2H3,(H2,27,28). The molecule has 3 aromatic carbocycles. The second-order valence-electron chi connectivity index (χ2n) is 7.43. The molecule has 3 rings (SSSR count). The zero-order valence-corrected chi connectivity index (χ0v) is 17.9. The molecule has 1 atom stereocenters. The predicted octanol–water partition coefficient (Wildman–Crippen LogP) is 5.52. The predicted molar refractivity (Wildman–Crippen MR) is 120 cm³/mol. The topological polar surface area (TPSA) is 61.6 Å². The highest BCUT2D eigenvalue weighted by Gasteiger charge is 2.20. The van der Waals surface area contributed by atoms with Crippen LogP contribution in [0.4, 0.5) is 0 Å². The third kappa shape index (κ3) is 6.01. The average molecular weight is 424 g/mol. The quantitative estimate of drug-likeness (QED) is 0.493. The van der Waals surface area contributed by atoms with Crippen LogP contribution in [0, 0.1) is 0 Å². The molecule has 2 N–H and O–H groups in total. The maximum Gasteiger partial charge on any atom is 0.225 e. The minimum atomic E-state index is -0.480. The van der Waals surface area contributed by atoms with Crippen molar-refractivity contribution in [1.82, 2.24) is 0 Å². The number of benzene rings is 3. The average Bonchev–Trinajstić information content (AvgIpc) is 2.73. The van der Waals surface area contributed by atoms with E-state index in [0.29, 0.717) is 23.8 Å². The fraction of sp³-hybridized carbons (Fsp3) is 0.240. The number of rotatable bonds is 9. The molecule has 0 saturated carbocycles. The van der Waals surface area contributed by atoms with Crippen LogP contribution in [0.3, 0.4) is 0 Å². The molecule has 0 aromatic heterocycles. The molecule has 0 saturated heterocycles. The van der Waals surface area contributed by atoms with Gasteiger partial charge in [0.1, 0.15) is 18.1 Å². The Morgan fingerprint density at radius 3 is 2.27 bits per heavy atom. The third-order valence-corrected chi connectivity index (χ3v) is 4.97. The Hall–Kier alpha value is -2.98. The highest BCUT2D eigenvalue weighted by Crippen LogP contribution is 2.31. The molecule has 3 aromatic rings. The van der Waals surface area contributed by atoms with Crippen LogP contribution in [0.5, 0.6) is 11.5 Å². The normalized spacial score (nSPS) is 11.9. The lowest BCUT2D eigenvalue weighted by atomic mass is 9.91. The molecule has 4 nitrogen and oxygen atoms in total. The zero-order chi connectivity index (χ0) is 21.5. The van der Waals surface area contributed by atoms with Crippen LogP contribution in [0.15, 0.2) is 72.8 Å². The van der Waals surface area contributed by atoms with Gasteiger partial charge in [-0.25, -0.2) is 0 Å². The summed E-state index contributed by atoms with van der Waals surface area (Å²) in [6, 6.07) is 23.1. The Balaban J connectivity index is 1.68. The van der Waals surface area contributed by atoms with Crippen LogP contribution in [0.2, 0.25) is 5.02 Å². The van der Waals surface area contributed by atoms with Crippen molar-refractivity contribution < 1.29 is 14.3 Å². The van der Waals surface area contributed by atoms with E-state index in [1.165, 1.54) is 0 Å². The lowest BCUT2D eigenvalue weighted by Crippen LogP contribution is -2.23. The summed E-state index contributed by atoms with van der Waals surface area (Å²) in [6.45, 7) is 4.38. The van der Waals surface area contributed by atoms with E-state index in [2.05, 4.69) is 0 Å². The number of amides is 1. The van der Waals surface area contributed by atoms with Gasteiger partial charge in [-0.1, -0.05) is 60.1 Å². The van der Waals surface area contributed by atoms with E-state index in [0.717, 1.165) is 22.4 Å². The molecular weight excluding hydrogens is 398 g/mol. The minimum absolute atomic E-state index is 0.0166. The number of nitrogens with two attached hydrogens (primary N) is 1. The third-order valence-electron chi connectivity index (χ3n) is 4.68. The molecule has 1 unspecified atom stereocenters. The number of primary amides is 1. The molecule has 30 heavy (non-hydrogen) atoms. The molecule has 0 radical (unpaired) electrons. The van der Waals surface area contributed by atoms with Gasteiger partial charge in [-0.2, -0.15) is 0 Å². The van der Waals surface area contributed by atoms with Gasteiger partial charge in [0, 0.05) is 0 Å². The number of ether oxygens (including phenoxy) is 2. The summed E-state index contributed by atoms with van der Waals surface area (Å²) in [5, 5.41) is 0.470. The van der Waals surface area contributed by atoms with Crippen molar-refractivity contribution in [2.75, 3.05) is 0 Å². The van der Waals surface area contributed by atoms with Crippen molar-refractivity contribution in [3.05, 3.63) is 94.5 Å². The molecule has 0 aliphatic rings. The van der Waals surface area contributed by atoms with Crippen molar-refractivity contribution >= 4 is 17.5 Å². The van der Waals surface area contributed by atoms with E-state index in [-0.39, 0.29) is 6.10 Å². The van der Waals surface area contributed by atoms with E-state index >= 15 is 0 Å². The van der Waals surface area contributed by atoms with Crippen molar-refractivity contribution in [3.8, 4) is 11.5 Å². The Labute approximate surface area is 182 Å².